The van der Waals surface area contributed by atoms with Crippen molar-refractivity contribution in [2.45, 2.75) is 6.04 Å². The van der Waals surface area contributed by atoms with Crippen molar-refractivity contribution in [3.05, 3.63) is 41.2 Å². The number of aromatic amines is 1. The third kappa shape index (κ3) is 4.01. The van der Waals surface area contributed by atoms with Crippen molar-refractivity contribution < 1.29 is 13.5 Å². The average molecular weight is 385 g/mol. The maximum absolute atomic E-state index is 14.7. The van der Waals surface area contributed by atoms with Crippen LogP contribution in [0.25, 0.3) is 0 Å². The molecule has 1 fully saturated rings. The lowest BCUT2D eigenvalue weighted by Gasteiger charge is -2.29. The molecule has 6 nitrogen and oxygen atoms in total. The first-order valence-electron chi connectivity index (χ1n) is 7.62. The number of nitrogens with zero attached hydrogens (tertiary/aromatic N) is 3. The number of hydrogen-bond donors (Lipinski definition) is 2. The molecule has 2 heterocycles. The van der Waals surface area contributed by atoms with Crippen LogP contribution in [-0.4, -0.2) is 52.3 Å². The Bertz CT molecular complexity index is 715. The molecule has 0 amide bonds. The minimum Gasteiger partial charge on any atom is -0.474 e. The smallest absolute Gasteiger partial charge is 0.257 e. The molecular formula is C15H17F2N5OS2. The van der Waals surface area contributed by atoms with E-state index in [1.54, 1.807) is 16.7 Å². The van der Waals surface area contributed by atoms with Gasteiger partial charge in [0.25, 0.3) is 5.17 Å². The zero-order valence-electron chi connectivity index (χ0n) is 13.5. The van der Waals surface area contributed by atoms with E-state index >= 15 is 0 Å². The normalized spacial score (nSPS) is 15.7. The topological polar surface area (TPSA) is 66.1 Å². The fourth-order valence-electron chi connectivity index (χ4n) is 2.70. The Morgan fingerprint density at radius 1 is 1.36 bits per heavy atom. The lowest BCUT2D eigenvalue weighted by molar-refractivity contribution is 0.386. The Morgan fingerprint density at radius 2 is 2.04 bits per heavy atom. The molecule has 1 saturated heterocycles. The van der Waals surface area contributed by atoms with Crippen molar-refractivity contribution in [1.82, 2.24) is 20.7 Å². The van der Waals surface area contributed by atoms with Gasteiger partial charge in [-0.2, -0.15) is 27.2 Å². The summed E-state index contributed by atoms with van der Waals surface area (Å²) < 4.78 is 34.3. The predicted octanol–water partition coefficient (Wildman–Crippen LogP) is 2.25. The highest BCUT2D eigenvalue weighted by Crippen LogP contribution is 2.30. The van der Waals surface area contributed by atoms with Crippen LogP contribution in [0.5, 0.6) is 0 Å². The predicted molar refractivity (Wildman–Crippen MR) is 96.9 cm³/mol. The van der Waals surface area contributed by atoms with Crippen LogP contribution in [0.15, 0.2) is 18.3 Å². The number of thiocarbonyl (C=S) groups is 1. The minimum atomic E-state index is -0.679. The number of benzene rings is 1. The van der Waals surface area contributed by atoms with Crippen LogP contribution in [0.2, 0.25) is 0 Å². The quantitative estimate of drug-likeness (QED) is 0.783. The van der Waals surface area contributed by atoms with Crippen molar-refractivity contribution in [3.63, 3.8) is 0 Å². The Kier molecular flexibility index (Phi) is 5.69. The molecule has 0 spiro atoms. The second-order valence-electron chi connectivity index (χ2n) is 5.40. The van der Waals surface area contributed by atoms with Crippen molar-refractivity contribution in [3.8, 4) is 0 Å². The van der Waals surface area contributed by atoms with Gasteiger partial charge in [0, 0.05) is 24.6 Å². The first-order chi connectivity index (χ1) is 12.1. The number of aromatic nitrogens is 3. The van der Waals surface area contributed by atoms with Crippen LogP contribution in [0.1, 0.15) is 17.3 Å². The molecule has 1 aromatic heterocycles. The molecule has 1 aliphatic rings. The zero-order chi connectivity index (χ0) is 17.8. The summed E-state index contributed by atoms with van der Waals surface area (Å²) in [4.78, 5) is 1.74. The van der Waals surface area contributed by atoms with Crippen LogP contribution in [-0.2, 0) is 4.74 Å². The van der Waals surface area contributed by atoms with Crippen molar-refractivity contribution >= 4 is 34.8 Å². The lowest BCUT2D eigenvalue weighted by Crippen LogP contribution is -2.34. The number of H-pyrrole nitrogens is 1. The van der Waals surface area contributed by atoms with Crippen LogP contribution in [0.3, 0.4) is 0 Å². The Labute approximate surface area is 153 Å². The van der Waals surface area contributed by atoms with Crippen molar-refractivity contribution in [2.75, 3.05) is 36.6 Å². The highest BCUT2D eigenvalue weighted by Gasteiger charge is 2.25. The maximum Gasteiger partial charge on any atom is 0.257 e. The molecule has 1 aromatic carbocycles. The van der Waals surface area contributed by atoms with Gasteiger partial charge in [0.2, 0.25) is 0 Å². The summed E-state index contributed by atoms with van der Waals surface area (Å²) in [7, 11) is 1.41. The molecule has 134 valence electrons. The molecule has 1 atom stereocenters. The number of thioether (sulfide) groups is 1. The molecule has 0 saturated carbocycles. The van der Waals surface area contributed by atoms with Gasteiger partial charge in [-0.05, 0) is 29.9 Å². The first kappa shape index (κ1) is 17.9. The van der Waals surface area contributed by atoms with Crippen LogP contribution >= 0.6 is 24.0 Å². The molecule has 3 rings (SSSR count). The summed E-state index contributed by atoms with van der Waals surface area (Å²) in [5.41, 5.74) is 0.802. The Hall–Kier alpha value is -1.94. The van der Waals surface area contributed by atoms with Gasteiger partial charge in [-0.3, -0.25) is 0 Å². The van der Waals surface area contributed by atoms with Gasteiger partial charge in [0.15, 0.2) is 0 Å². The van der Waals surface area contributed by atoms with Gasteiger partial charge in [0.05, 0.1) is 13.3 Å². The highest BCUT2D eigenvalue weighted by atomic mass is 32.2. The Balaban J connectivity index is 1.95. The van der Waals surface area contributed by atoms with E-state index in [-0.39, 0.29) is 10.9 Å². The van der Waals surface area contributed by atoms with Gasteiger partial charge in [-0.15, -0.1) is 0 Å². The van der Waals surface area contributed by atoms with Crippen molar-refractivity contribution in [1.29, 1.82) is 0 Å². The molecule has 0 radical (unpaired) electrons. The number of anilines is 1. The number of methoxy groups -OCH3 is 1. The number of ether oxygens (including phenoxy) is 1. The second kappa shape index (κ2) is 7.96. The monoisotopic (exact) mass is 385 g/mol. The molecule has 10 heteroatoms. The van der Waals surface area contributed by atoms with Crippen LogP contribution in [0.4, 0.5) is 14.5 Å². The number of hydrogen-bond acceptors (Lipinski definition) is 6. The van der Waals surface area contributed by atoms with E-state index in [1.807, 2.05) is 0 Å². The maximum atomic E-state index is 14.7. The van der Waals surface area contributed by atoms with Gasteiger partial charge >= 0.3 is 0 Å². The first-order valence-corrected chi connectivity index (χ1v) is 9.18. The van der Waals surface area contributed by atoms with Gasteiger partial charge in [-0.25, -0.2) is 8.78 Å². The largest absolute Gasteiger partial charge is 0.474 e. The van der Waals surface area contributed by atoms with E-state index in [1.165, 1.54) is 25.4 Å². The highest BCUT2D eigenvalue weighted by molar-refractivity contribution is 7.99. The zero-order valence-corrected chi connectivity index (χ0v) is 15.1. The molecule has 0 bridgehead atoms. The van der Waals surface area contributed by atoms with E-state index in [0.29, 0.717) is 24.3 Å². The molecular weight excluding hydrogens is 368 g/mol. The molecule has 25 heavy (non-hydrogen) atoms. The summed E-state index contributed by atoms with van der Waals surface area (Å²) in [6.07, 6.45) is 1.46. The number of halogens is 2. The SMILES string of the molecule is COC(=S)NC(c1cc(F)c(N2CCSCC2)c(F)c1)c1cn[nH]n1. The summed E-state index contributed by atoms with van der Waals surface area (Å²) >= 11 is 6.79. The molecule has 0 aliphatic carbocycles. The molecule has 2 aromatic rings. The Morgan fingerprint density at radius 3 is 2.60 bits per heavy atom. The van der Waals surface area contributed by atoms with E-state index in [2.05, 4.69) is 20.7 Å². The minimum absolute atomic E-state index is 0.0114. The van der Waals surface area contributed by atoms with Gasteiger partial charge in [0.1, 0.15) is 29.1 Å². The second-order valence-corrected chi connectivity index (χ2v) is 6.99. The number of rotatable bonds is 4. The van der Waals surface area contributed by atoms with E-state index in [9.17, 15) is 8.78 Å². The van der Waals surface area contributed by atoms with E-state index in [4.69, 9.17) is 17.0 Å². The van der Waals surface area contributed by atoms with Gasteiger partial charge < -0.3 is 15.0 Å². The molecule has 1 aliphatic heterocycles. The lowest BCUT2D eigenvalue weighted by atomic mass is 10.0. The third-order valence-corrected chi connectivity index (χ3v) is 5.10. The average Bonchev–Trinajstić information content (AvgIpc) is 3.14. The summed E-state index contributed by atoms with van der Waals surface area (Å²) in [5, 5.41) is 13.2. The van der Waals surface area contributed by atoms with E-state index < -0.39 is 17.7 Å². The number of nitrogens with one attached hydrogen (secondary N) is 2. The fourth-order valence-corrected chi connectivity index (χ4v) is 3.72. The van der Waals surface area contributed by atoms with E-state index in [0.717, 1.165) is 11.5 Å². The van der Waals surface area contributed by atoms with Crippen molar-refractivity contribution in [2.24, 2.45) is 0 Å². The molecule has 1 unspecified atom stereocenters. The summed E-state index contributed by atoms with van der Waals surface area (Å²) in [6.45, 7) is 1.24. The van der Waals surface area contributed by atoms with Crippen LogP contribution in [0, 0.1) is 11.6 Å². The summed E-state index contributed by atoms with van der Waals surface area (Å²) in [6, 6.07) is 1.91. The van der Waals surface area contributed by atoms with Crippen LogP contribution < -0.4 is 10.2 Å². The standard InChI is InChI=1S/C15H17F2N5OS2/c1-23-15(24)19-13(12-8-18-21-20-12)9-6-10(16)14(11(17)7-9)22-2-4-25-5-3-22/h6-8,13H,2-5H2,1H3,(H,19,24)(H,18,20,21). The third-order valence-electron chi connectivity index (χ3n) is 3.88. The fraction of sp³-hybridized carbons (Fsp3) is 0.400. The summed E-state index contributed by atoms with van der Waals surface area (Å²) in [5.74, 6) is 0.485. The molecule has 2 N–H and O–H groups in total. The van der Waals surface area contributed by atoms with Gasteiger partial charge in [-0.1, -0.05) is 0 Å².